The summed E-state index contributed by atoms with van der Waals surface area (Å²) in [5.41, 5.74) is 0.276. The summed E-state index contributed by atoms with van der Waals surface area (Å²) in [5, 5.41) is 2.73. The third-order valence-corrected chi connectivity index (χ3v) is 6.27. The molecular formula is C23H28F3N3O4S. The molecule has 2 amide bonds. The fraction of sp³-hybridized carbons (Fsp3) is 0.391. The van der Waals surface area contributed by atoms with Crippen molar-refractivity contribution in [1.82, 2.24) is 10.2 Å². The molecule has 11 heteroatoms. The normalized spacial score (nSPS) is 12.2. The number of sulfonamides is 1. The van der Waals surface area contributed by atoms with E-state index in [0.29, 0.717) is 22.5 Å². The van der Waals surface area contributed by atoms with E-state index in [1.54, 1.807) is 0 Å². The Morgan fingerprint density at radius 2 is 1.68 bits per heavy atom. The van der Waals surface area contributed by atoms with Gasteiger partial charge in [-0.2, -0.15) is 0 Å². The Balaban J connectivity index is 2.35. The van der Waals surface area contributed by atoms with Gasteiger partial charge in [0.05, 0.1) is 11.9 Å². The van der Waals surface area contributed by atoms with Crippen LogP contribution in [0.1, 0.15) is 32.3 Å². The second-order valence-electron chi connectivity index (χ2n) is 7.84. The predicted octanol–water partition coefficient (Wildman–Crippen LogP) is 3.20. The second-order valence-corrected chi connectivity index (χ2v) is 9.74. The molecule has 0 heterocycles. The molecule has 0 aliphatic heterocycles. The van der Waals surface area contributed by atoms with Gasteiger partial charge in [-0.25, -0.2) is 21.6 Å². The molecule has 0 unspecified atom stereocenters. The summed E-state index contributed by atoms with van der Waals surface area (Å²) in [6.45, 7) is 3.00. The smallest absolute Gasteiger partial charge is 0.244 e. The van der Waals surface area contributed by atoms with Crippen LogP contribution in [0.5, 0.6) is 0 Å². The van der Waals surface area contributed by atoms with Crippen LogP contribution in [-0.4, -0.2) is 50.5 Å². The van der Waals surface area contributed by atoms with Gasteiger partial charge in [0, 0.05) is 19.2 Å². The van der Waals surface area contributed by atoms with Crippen LogP contribution < -0.4 is 9.62 Å². The van der Waals surface area contributed by atoms with Gasteiger partial charge in [0.2, 0.25) is 21.8 Å². The third kappa shape index (κ3) is 7.47. The average Bonchev–Trinajstić information content (AvgIpc) is 2.77. The van der Waals surface area contributed by atoms with E-state index in [2.05, 4.69) is 5.32 Å². The van der Waals surface area contributed by atoms with E-state index in [9.17, 15) is 31.2 Å². The summed E-state index contributed by atoms with van der Waals surface area (Å²) in [5.74, 6) is -4.11. The molecule has 0 aliphatic carbocycles. The van der Waals surface area contributed by atoms with Gasteiger partial charge in [0.25, 0.3) is 0 Å². The van der Waals surface area contributed by atoms with Gasteiger partial charge < -0.3 is 10.2 Å². The van der Waals surface area contributed by atoms with Gasteiger partial charge in [-0.3, -0.25) is 13.9 Å². The van der Waals surface area contributed by atoms with Crippen molar-refractivity contribution in [1.29, 1.82) is 0 Å². The SMILES string of the molecule is CCCCNC(=O)[C@H](C)N(Cc1ccc(F)cc1)C(=O)CN(c1ccc(F)c(F)c1)S(C)(=O)=O. The standard InChI is InChI=1S/C23H28F3N3O4S/c1-4-5-12-27-23(31)16(2)28(14-17-6-8-18(24)9-7-17)22(30)15-29(34(3,32)33)19-10-11-20(25)21(26)13-19/h6-11,13,16H,4-5,12,14-15H2,1-3H3,(H,27,31)/t16-/m0/s1. The second kappa shape index (κ2) is 11.9. The van der Waals surface area contributed by atoms with Gasteiger partial charge in [0.15, 0.2) is 11.6 Å². The van der Waals surface area contributed by atoms with E-state index < -0.39 is 51.9 Å². The number of hydrogen-bond acceptors (Lipinski definition) is 4. The molecule has 0 radical (unpaired) electrons. The van der Waals surface area contributed by atoms with Gasteiger partial charge in [-0.05, 0) is 43.2 Å². The molecule has 2 aromatic rings. The molecule has 0 aliphatic rings. The Kier molecular flexibility index (Phi) is 9.48. The van der Waals surface area contributed by atoms with E-state index >= 15 is 0 Å². The minimum Gasteiger partial charge on any atom is -0.354 e. The molecule has 0 saturated heterocycles. The number of unbranched alkanes of at least 4 members (excludes halogenated alkanes) is 1. The maximum absolute atomic E-state index is 13.8. The van der Waals surface area contributed by atoms with Gasteiger partial charge >= 0.3 is 0 Å². The number of rotatable bonds is 11. The number of carbonyl (C=O) groups excluding carboxylic acids is 2. The van der Waals surface area contributed by atoms with Gasteiger partial charge in [0.1, 0.15) is 18.4 Å². The Hall–Kier alpha value is -3.08. The summed E-state index contributed by atoms with van der Waals surface area (Å²) < 4.78 is 65.8. The Labute approximate surface area is 197 Å². The zero-order chi connectivity index (χ0) is 25.5. The van der Waals surface area contributed by atoms with Gasteiger partial charge in [-0.1, -0.05) is 25.5 Å². The number of carbonyl (C=O) groups is 2. The molecule has 1 N–H and O–H groups in total. The van der Waals surface area contributed by atoms with Crippen LogP contribution in [0.15, 0.2) is 42.5 Å². The van der Waals surface area contributed by atoms with Crippen LogP contribution in [-0.2, 0) is 26.2 Å². The third-order valence-electron chi connectivity index (χ3n) is 5.13. The molecule has 0 bridgehead atoms. The van der Waals surface area contributed by atoms with E-state index in [-0.39, 0.29) is 12.2 Å². The van der Waals surface area contributed by atoms with Crippen LogP contribution in [0.25, 0.3) is 0 Å². The lowest BCUT2D eigenvalue weighted by atomic mass is 10.1. The molecule has 0 aromatic heterocycles. The monoisotopic (exact) mass is 499 g/mol. The van der Waals surface area contributed by atoms with Gasteiger partial charge in [-0.15, -0.1) is 0 Å². The molecule has 0 spiro atoms. The number of hydrogen-bond donors (Lipinski definition) is 1. The summed E-state index contributed by atoms with van der Waals surface area (Å²) >= 11 is 0. The number of halogens is 3. The van der Waals surface area contributed by atoms with Crippen LogP contribution in [0.4, 0.5) is 18.9 Å². The van der Waals surface area contributed by atoms with Crippen molar-refractivity contribution in [2.45, 2.75) is 39.3 Å². The fourth-order valence-corrected chi connectivity index (χ4v) is 4.00. The van der Waals surface area contributed by atoms with Crippen LogP contribution in [0.2, 0.25) is 0 Å². The first-order valence-corrected chi connectivity index (χ1v) is 12.5. The topological polar surface area (TPSA) is 86.8 Å². The lowest BCUT2D eigenvalue weighted by Gasteiger charge is -2.31. The van der Waals surface area contributed by atoms with Crippen molar-refractivity contribution in [2.75, 3.05) is 23.7 Å². The first-order chi connectivity index (χ1) is 15.9. The van der Waals surface area contributed by atoms with Crippen molar-refractivity contribution in [3.05, 3.63) is 65.5 Å². The highest BCUT2D eigenvalue weighted by Crippen LogP contribution is 2.21. The van der Waals surface area contributed by atoms with E-state index in [0.717, 1.165) is 36.1 Å². The summed E-state index contributed by atoms with van der Waals surface area (Å²) in [7, 11) is -4.07. The van der Waals surface area contributed by atoms with Crippen molar-refractivity contribution in [3.63, 3.8) is 0 Å². The number of amides is 2. The molecule has 1 atom stereocenters. The van der Waals surface area contributed by atoms with Crippen LogP contribution in [0.3, 0.4) is 0 Å². The molecule has 2 rings (SSSR count). The van der Waals surface area contributed by atoms with Crippen molar-refractivity contribution < 1.29 is 31.2 Å². The van der Waals surface area contributed by atoms with Crippen molar-refractivity contribution in [3.8, 4) is 0 Å². The highest BCUT2D eigenvalue weighted by atomic mass is 32.2. The lowest BCUT2D eigenvalue weighted by Crippen LogP contribution is -2.51. The zero-order valence-corrected chi connectivity index (χ0v) is 20.0. The van der Waals surface area contributed by atoms with Crippen molar-refractivity contribution in [2.24, 2.45) is 0 Å². The Morgan fingerprint density at radius 1 is 1.03 bits per heavy atom. The number of nitrogens with one attached hydrogen (secondary N) is 1. The first-order valence-electron chi connectivity index (χ1n) is 10.7. The quantitative estimate of drug-likeness (QED) is 0.481. The minimum absolute atomic E-state index is 0.100. The number of benzene rings is 2. The Morgan fingerprint density at radius 3 is 2.24 bits per heavy atom. The van der Waals surface area contributed by atoms with E-state index in [1.165, 1.54) is 31.2 Å². The highest BCUT2D eigenvalue weighted by Gasteiger charge is 2.30. The maximum Gasteiger partial charge on any atom is 0.244 e. The summed E-state index contributed by atoms with van der Waals surface area (Å²) in [6, 6.07) is 6.78. The first kappa shape index (κ1) is 27.2. The molecule has 0 fully saturated rings. The summed E-state index contributed by atoms with van der Waals surface area (Å²) in [4.78, 5) is 27.1. The molecule has 0 saturated carbocycles. The average molecular weight is 500 g/mol. The van der Waals surface area contributed by atoms with E-state index in [1.807, 2.05) is 6.92 Å². The lowest BCUT2D eigenvalue weighted by molar-refractivity contribution is -0.139. The van der Waals surface area contributed by atoms with Crippen molar-refractivity contribution >= 4 is 27.5 Å². The summed E-state index contributed by atoms with van der Waals surface area (Å²) in [6.07, 6.45) is 2.42. The molecule has 7 nitrogen and oxygen atoms in total. The maximum atomic E-state index is 13.8. The Bertz CT molecular complexity index is 1110. The fourth-order valence-electron chi connectivity index (χ4n) is 3.16. The molecule has 2 aromatic carbocycles. The largest absolute Gasteiger partial charge is 0.354 e. The molecule has 186 valence electrons. The number of nitrogens with zero attached hydrogens (tertiary/aromatic N) is 2. The number of anilines is 1. The van der Waals surface area contributed by atoms with Crippen LogP contribution >= 0.6 is 0 Å². The van der Waals surface area contributed by atoms with Crippen LogP contribution in [0, 0.1) is 17.5 Å². The molecule has 34 heavy (non-hydrogen) atoms. The van der Waals surface area contributed by atoms with E-state index in [4.69, 9.17) is 0 Å². The predicted molar refractivity (Wildman–Crippen MR) is 123 cm³/mol. The molecular weight excluding hydrogens is 471 g/mol. The highest BCUT2D eigenvalue weighted by molar-refractivity contribution is 7.92. The zero-order valence-electron chi connectivity index (χ0n) is 19.2. The minimum atomic E-state index is -4.07.